The van der Waals surface area contributed by atoms with Crippen molar-refractivity contribution in [2.45, 2.75) is 52.7 Å². The van der Waals surface area contributed by atoms with Crippen LogP contribution in [0.15, 0.2) is 60.7 Å². The van der Waals surface area contributed by atoms with E-state index >= 15 is 0 Å². The predicted molar refractivity (Wildman–Crippen MR) is 113 cm³/mol. The molecule has 2 aromatic carbocycles. The first kappa shape index (κ1) is 26.3. The molecule has 0 aliphatic heterocycles. The van der Waals surface area contributed by atoms with Crippen LogP contribution in [0.3, 0.4) is 0 Å². The maximum absolute atomic E-state index is 10.2. The van der Waals surface area contributed by atoms with Crippen LogP contribution >= 0.6 is 0 Å². The Morgan fingerprint density at radius 3 is 1.00 bits per heavy atom. The lowest BCUT2D eigenvalue weighted by Crippen LogP contribution is -2.56. The van der Waals surface area contributed by atoms with E-state index in [9.17, 15) is 19.8 Å². The molecule has 0 saturated carbocycles. The number of carboxylic acid groups (broad SMARTS) is 2. The van der Waals surface area contributed by atoms with E-state index in [1.165, 1.54) is 0 Å². The lowest BCUT2D eigenvalue weighted by molar-refractivity contribution is -0.175. The number of aromatic carboxylic acids is 2. The van der Waals surface area contributed by atoms with Crippen molar-refractivity contribution >= 4 is 11.9 Å². The van der Waals surface area contributed by atoms with Crippen molar-refractivity contribution in [1.29, 1.82) is 0 Å². The number of aliphatic hydroxyl groups is 2. The van der Waals surface area contributed by atoms with E-state index in [0.717, 1.165) is 0 Å². The fourth-order valence-corrected chi connectivity index (χ4v) is 2.08. The van der Waals surface area contributed by atoms with Crippen LogP contribution in [0.5, 0.6) is 0 Å². The van der Waals surface area contributed by atoms with Crippen molar-refractivity contribution < 1.29 is 30.0 Å². The summed E-state index contributed by atoms with van der Waals surface area (Å²) in [7, 11) is 0. The van der Waals surface area contributed by atoms with Gasteiger partial charge in [-0.15, -0.1) is 0 Å². The van der Waals surface area contributed by atoms with Crippen LogP contribution in [-0.2, 0) is 0 Å². The molecule has 160 valence electrons. The highest BCUT2D eigenvalue weighted by molar-refractivity contribution is 5.87. The van der Waals surface area contributed by atoms with E-state index in [1.807, 2.05) is 20.8 Å². The third kappa shape index (κ3) is 8.89. The standard InChI is InChI=1S/C9H20O2.2C7H6O2/c1-7(2,3)9(6,11)8(4,5)10;2*8-7(9)6-4-2-1-3-5-6/h10-11H,1-6H3;2*1-5H,(H,8,9). The summed E-state index contributed by atoms with van der Waals surface area (Å²) in [6.45, 7) is 10.6. The predicted octanol–water partition coefficient (Wildman–Crippen LogP) is 4.32. The Kier molecular flexibility index (Phi) is 9.74. The monoisotopic (exact) mass is 404 g/mol. The van der Waals surface area contributed by atoms with Crippen molar-refractivity contribution in [3.8, 4) is 0 Å². The summed E-state index contributed by atoms with van der Waals surface area (Å²) in [6.07, 6.45) is 0. The highest BCUT2D eigenvalue weighted by Crippen LogP contribution is 2.38. The van der Waals surface area contributed by atoms with Crippen molar-refractivity contribution in [2.75, 3.05) is 0 Å². The van der Waals surface area contributed by atoms with Crippen LogP contribution in [0, 0.1) is 5.41 Å². The molecule has 0 fully saturated rings. The lowest BCUT2D eigenvalue weighted by Gasteiger charge is -2.45. The first-order valence-corrected chi connectivity index (χ1v) is 9.12. The summed E-state index contributed by atoms with van der Waals surface area (Å²) >= 11 is 0. The minimum atomic E-state index is -1.07. The molecule has 2 aromatic rings. The zero-order valence-electron chi connectivity index (χ0n) is 17.9. The van der Waals surface area contributed by atoms with Crippen LogP contribution < -0.4 is 0 Å². The Labute approximate surface area is 172 Å². The number of hydrogen-bond donors (Lipinski definition) is 4. The van der Waals surface area contributed by atoms with Crippen LogP contribution in [0.1, 0.15) is 62.3 Å². The molecule has 6 heteroatoms. The molecule has 6 nitrogen and oxygen atoms in total. The Hall–Kier alpha value is -2.70. The molecular weight excluding hydrogens is 372 g/mol. The summed E-state index contributed by atoms with van der Waals surface area (Å²) in [6, 6.07) is 16.6. The van der Waals surface area contributed by atoms with Gasteiger partial charge in [0.05, 0.1) is 22.3 Å². The molecule has 0 aromatic heterocycles. The van der Waals surface area contributed by atoms with Crippen molar-refractivity contribution in [1.82, 2.24) is 0 Å². The second-order valence-corrected chi connectivity index (χ2v) is 8.22. The van der Waals surface area contributed by atoms with Gasteiger partial charge < -0.3 is 20.4 Å². The zero-order chi connectivity index (χ0) is 22.9. The molecule has 2 rings (SSSR count). The quantitative estimate of drug-likeness (QED) is 0.605. The van der Waals surface area contributed by atoms with Gasteiger partial charge >= 0.3 is 11.9 Å². The highest BCUT2D eigenvalue weighted by Gasteiger charge is 2.46. The molecular formula is C23H32O6. The van der Waals surface area contributed by atoms with Gasteiger partial charge in [0.1, 0.15) is 0 Å². The Bertz CT molecular complexity index is 688. The summed E-state index contributed by atoms with van der Waals surface area (Å²) in [5.74, 6) is -1.76. The second-order valence-electron chi connectivity index (χ2n) is 8.22. The van der Waals surface area contributed by atoms with Gasteiger partial charge in [-0.3, -0.25) is 0 Å². The highest BCUT2D eigenvalue weighted by atomic mass is 16.4. The van der Waals surface area contributed by atoms with Crippen molar-refractivity contribution in [2.24, 2.45) is 5.41 Å². The van der Waals surface area contributed by atoms with Crippen molar-refractivity contribution in [3.05, 3.63) is 71.8 Å². The van der Waals surface area contributed by atoms with E-state index in [-0.39, 0.29) is 5.41 Å². The molecule has 0 heterocycles. The van der Waals surface area contributed by atoms with E-state index in [4.69, 9.17) is 10.2 Å². The van der Waals surface area contributed by atoms with Gasteiger partial charge in [0.2, 0.25) is 0 Å². The zero-order valence-corrected chi connectivity index (χ0v) is 17.9. The first-order chi connectivity index (χ1) is 13.1. The third-order valence-electron chi connectivity index (χ3n) is 4.69. The SMILES string of the molecule is CC(C)(C)C(C)(O)C(C)(C)O.O=C(O)c1ccccc1.O=C(O)c1ccccc1. The average molecular weight is 405 g/mol. The van der Waals surface area contributed by atoms with E-state index in [1.54, 1.807) is 81.4 Å². The van der Waals surface area contributed by atoms with E-state index in [2.05, 4.69) is 0 Å². The third-order valence-corrected chi connectivity index (χ3v) is 4.69. The number of rotatable bonds is 3. The largest absolute Gasteiger partial charge is 0.478 e. The maximum Gasteiger partial charge on any atom is 0.335 e. The van der Waals surface area contributed by atoms with Gasteiger partial charge in [-0.25, -0.2) is 9.59 Å². The fraction of sp³-hybridized carbons (Fsp3) is 0.391. The molecule has 0 bridgehead atoms. The second kappa shape index (κ2) is 10.7. The summed E-state index contributed by atoms with van der Waals surface area (Å²) in [4.78, 5) is 20.4. The number of carbonyl (C=O) groups is 2. The van der Waals surface area contributed by atoms with E-state index < -0.39 is 23.1 Å². The normalized spacial score (nSPS) is 13.0. The Morgan fingerprint density at radius 1 is 0.621 bits per heavy atom. The van der Waals surface area contributed by atoms with Crippen LogP contribution in [-0.4, -0.2) is 43.6 Å². The molecule has 0 aliphatic rings. The minimum absolute atomic E-state index is 0.314. The molecule has 0 radical (unpaired) electrons. The van der Waals surface area contributed by atoms with Gasteiger partial charge in [0.15, 0.2) is 0 Å². The van der Waals surface area contributed by atoms with Crippen LogP contribution in [0.4, 0.5) is 0 Å². The van der Waals surface area contributed by atoms with Gasteiger partial charge in [0.25, 0.3) is 0 Å². The summed E-state index contributed by atoms with van der Waals surface area (Å²) < 4.78 is 0. The molecule has 29 heavy (non-hydrogen) atoms. The van der Waals surface area contributed by atoms with Crippen LogP contribution in [0.2, 0.25) is 0 Å². The number of hydrogen-bond acceptors (Lipinski definition) is 4. The maximum atomic E-state index is 10.2. The van der Waals surface area contributed by atoms with Gasteiger partial charge in [-0.2, -0.15) is 0 Å². The fourth-order valence-electron chi connectivity index (χ4n) is 2.08. The van der Waals surface area contributed by atoms with Gasteiger partial charge in [-0.1, -0.05) is 57.2 Å². The first-order valence-electron chi connectivity index (χ1n) is 9.12. The topological polar surface area (TPSA) is 115 Å². The smallest absolute Gasteiger partial charge is 0.335 e. The van der Waals surface area contributed by atoms with E-state index in [0.29, 0.717) is 11.1 Å². The molecule has 1 atom stereocenters. The van der Waals surface area contributed by atoms with Gasteiger partial charge in [-0.05, 0) is 50.5 Å². The molecule has 0 aliphatic carbocycles. The lowest BCUT2D eigenvalue weighted by atomic mass is 9.69. The molecule has 0 saturated heterocycles. The minimum Gasteiger partial charge on any atom is -0.478 e. The molecule has 1 unspecified atom stereocenters. The number of carboxylic acids is 2. The molecule has 4 N–H and O–H groups in total. The molecule has 0 spiro atoms. The Morgan fingerprint density at radius 2 is 0.897 bits per heavy atom. The number of benzene rings is 2. The average Bonchev–Trinajstić information content (AvgIpc) is 2.62. The summed E-state index contributed by atoms with van der Waals surface area (Å²) in [5.41, 5.74) is -1.79. The Balaban J connectivity index is 0.000000408. The summed E-state index contributed by atoms with van der Waals surface area (Å²) in [5, 5.41) is 36.3. The van der Waals surface area contributed by atoms with Crippen LogP contribution in [0.25, 0.3) is 0 Å². The van der Waals surface area contributed by atoms with Gasteiger partial charge in [0, 0.05) is 0 Å². The van der Waals surface area contributed by atoms with Crippen molar-refractivity contribution in [3.63, 3.8) is 0 Å². The molecule has 0 amide bonds.